The number of anilines is 1. The molecule has 1 aromatic rings. The fourth-order valence-electron chi connectivity index (χ4n) is 2.08. The maximum atomic E-state index is 12.8. The smallest absolute Gasteiger partial charge is 0.409 e. The fraction of sp³-hybridized carbons (Fsp3) is 0.500. The van der Waals surface area contributed by atoms with Crippen LogP contribution in [-0.4, -0.2) is 29.1 Å². The number of halogens is 3. The van der Waals surface area contributed by atoms with E-state index in [-0.39, 0.29) is 23.3 Å². The minimum absolute atomic E-state index is 0.0832. The van der Waals surface area contributed by atoms with Crippen molar-refractivity contribution in [3.05, 3.63) is 23.4 Å². The molecule has 1 heterocycles. The summed E-state index contributed by atoms with van der Waals surface area (Å²) in [7, 11) is 1.67. The van der Waals surface area contributed by atoms with Crippen molar-refractivity contribution in [2.24, 2.45) is 10.9 Å². The van der Waals surface area contributed by atoms with Crippen molar-refractivity contribution in [1.82, 2.24) is 4.98 Å². The van der Waals surface area contributed by atoms with E-state index in [9.17, 15) is 13.2 Å². The molecule has 1 aliphatic rings. The van der Waals surface area contributed by atoms with Gasteiger partial charge in [0.15, 0.2) is 5.84 Å². The molecule has 5 nitrogen and oxygen atoms in total. The molecular weight excluding hydrogens is 273 g/mol. The zero-order valence-corrected chi connectivity index (χ0v) is 10.9. The van der Waals surface area contributed by atoms with Crippen LogP contribution in [0.1, 0.15) is 30.5 Å². The summed E-state index contributed by atoms with van der Waals surface area (Å²) in [5.74, 6) is -0.174. The summed E-state index contributed by atoms with van der Waals surface area (Å²) in [6.45, 7) is 0. The molecule has 0 radical (unpaired) electrons. The van der Waals surface area contributed by atoms with E-state index in [1.807, 2.05) is 0 Å². The van der Waals surface area contributed by atoms with Gasteiger partial charge >= 0.3 is 6.18 Å². The zero-order valence-electron chi connectivity index (χ0n) is 10.9. The molecule has 1 saturated carbocycles. The van der Waals surface area contributed by atoms with E-state index < -0.39 is 11.9 Å². The third-order valence-corrected chi connectivity index (χ3v) is 3.51. The first kappa shape index (κ1) is 14.4. The van der Waals surface area contributed by atoms with Crippen LogP contribution in [0.2, 0.25) is 0 Å². The van der Waals surface area contributed by atoms with Crippen molar-refractivity contribution in [2.75, 3.05) is 11.9 Å². The summed E-state index contributed by atoms with van der Waals surface area (Å²) in [6, 6.07) is 2.14. The number of alkyl halides is 3. The van der Waals surface area contributed by atoms with Crippen LogP contribution < -0.4 is 10.6 Å². The lowest BCUT2D eigenvalue weighted by molar-refractivity contribution is -0.141. The molecule has 1 aliphatic carbocycles. The average Bonchev–Trinajstić information content (AvgIpc) is 2.34. The van der Waals surface area contributed by atoms with Crippen molar-refractivity contribution in [3.63, 3.8) is 0 Å². The van der Waals surface area contributed by atoms with E-state index in [0.717, 1.165) is 25.3 Å². The Morgan fingerprint density at radius 1 is 1.45 bits per heavy atom. The van der Waals surface area contributed by atoms with Crippen molar-refractivity contribution in [1.29, 1.82) is 0 Å². The normalized spacial score (nSPS) is 16.9. The van der Waals surface area contributed by atoms with Crippen molar-refractivity contribution < 1.29 is 18.4 Å². The molecule has 0 bridgehead atoms. The number of pyridine rings is 1. The van der Waals surface area contributed by atoms with Crippen LogP contribution >= 0.6 is 0 Å². The van der Waals surface area contributed by atoms with Crippen LogP contribution in [0.15, 0.2) is 17.3 Å². The van der Waals surface area contributed by atoms with Gasteiger partial charge in [0.05, 0.1) is 5.56 Å². The number of oxime groups is 1. The number of nitrogens with zero attached hydrogens (tertiary/aromatic N) is 3. The highest BCUT2D eigenvalue weighted by Gasteiger charge is 2.34. The summed E-state index contributed by atoms with van der Waals surface area (Å²) in [5, 5.41) is 11.6. The van der Waals surface area contributed by atoms with Gasteiger partial charge in [-0.3, -0.25) is 0 Å². The Balaban J connectivity index is 2.47. The molecule has 1 aromatic heterocycles. The predicted octanol–water partition coefficient (Wildman–Crippen LogP) is 2.18. The Kier molecular flexibility index (Phi) is 3.74. The maximum Gasteiger partial charge on any atom is 0.433 e. The topological polar surface area (TPSA) is 74.7 Å². The highest BCUT2D eigenvalue weighted by Crippen LogP contribution is 2.33. The van der Waals surface area contributed by atoms with Crippen LogP contribution in [-0.2, 0) is 6.18 Å². The average molecular weight is 288 g/mol. The van der Waals surface area contributed by atoms with Gasteiger partial charge in [-0.1, -0.05) is 5.16 Å². The van der Waals surface area contributed by atoms with Crippen LogP contribution in [0.5, 0.6) is 0 Å². The van der Waals surface area contributed by atoms with E-state index in [0.29, 0.717) is 0 Å². The molecule has 20 heavy (non-hydrogen) atoms. The molecule has 0 saturated heterocycles. The first-order valence-electron chi connectivity index (χ1n) is 6.13. The van der Waals surface area contributed by atoms with E-state index in [4.69, 9.17) is 10.9 Å². The summed E-state index contributed by atoms with van der Waals surface area (Å²) >= 11 is 0. The van der Waals surface area contributed by atoms with Gasteiger partial charge in [0.2, 0.25) is 0 Å². The minimum atomic E-state index is -4.53. The second-order valence-corrected chi connectivity index (χ2v) is 4.75. The predicted molar refractivity (Wildman–Crippen MR) is 67.8 cm³/mol. The number of hydrogen-bond donors (Lipinski definition) is 2. The van der Waals surface area contributed by atoms with E-state index in [1.165, 1.54) is 6.07 Å². The Morgan fingerprint density at radius 3 is 2.55 bits per heavy atom. The van der Waals surface area contributed by atoms with Crippen LogP contribution in [0.25, 0.3) is 0 Å². The standard InChI is InChI=1S/C12H15F3N4O/c1-19(7-3-2-4-7)11-8(10(16)18-20)5-6-9(17-11)12(13,14)15/h5-7,20H,2-4H2,1H3,(H2,16,18). The van der Waals surface area contributed by atoms with E-state index in [1.54, 1.807) is 11.9 Å². The Hall–Kier alpha value is -1.99. The summed E-state index contributed by atoms with van der Waals surface area (Å²) in [4.78, 5) is 5.30. The molecule has 0 atom stereocenters. The minimum Gasteiger partial charge on any atom is -0.409 e. The van der Waals surface area contributed by atoms with E-state index >= 15 is 0 Å². The molecule has 0 unspecified atom stereocenters. The molecule has 0 aliphatic heterocycles. The fourth-order valence-corrected chi connectivity index (χ4v) is 2.08. The number of aromatic nitrogens is 1. The SMILES string of the molecule is CN(c1nc(C(F)(F)F)ccc1/C(N)=N/O)C1CCC1. The van der Waals surface area contributed by atoms with Gasteiger partial charge in [-0.2, -0.15) is 13.2 Å². The van der Waals surface area contributed by atoms with Gasteiger partial charge in [0.25, 0.3) is 0 Å². The summed E-state index contributed by atoms with van der Waals surface area (Å²) in [6.07, 6.45) is -1.71. The van der Waals surface area contributed by atoms with Gasteiger partial charge in [-0.05, 0) is 31.4 Å². The molecule has 0 aromatic carbocycles. The lowest BCUT2D eigenvalue weighted by Crippen LogP contribution is -2.39. The van der Waals surface area contributed by atoms with Gasteiger partial charge < -0.3 is 15.8 Å². The van der Waals surface area contributed by atoms with Crippen molar-refractivity contribution >= 4 is 11.7 Å². The van der Waals surface area contributed by atoms with Gasteiger partial charge in [-0.25, -0.2) is 4.98 Å². The molecule has 2 rings (SSSR count). The summed E-state index contributed by atoms with van der Waals surface area (Å²) in [5.41, 5.74) is 4.70. The molecule has 8 heteroatoms. The monoisotopic (exact) mass is 288 g/mol. The van der Waals surface area contributed by atoms with Crippen molar-refractivity contribution in [3.8, 4) is 0 Å². The Bertz CT molecular complexity index is 526. The number of hydrogen-bond acceptors (Lipinski definition) is 4. The summed E-state index contributed by atoms with van der Waals surface area (Å²) < 4.78 is 38.3. The zero-order chi connectivity index (χ0) is 14.9. The molecule has 0 spiro atoms. The Morgan fingerprint density at radius 2 is 2.10 bits per heavy atom. The van der Waals surface area contributed by atoms with Crippen LogP contribution in [0, 0.1) is 0 Å². The molecular formula is C12H15F3N4O. The molecule has 3 N–H and O–H groups in total. The lowest BCUT2D eigenvalue weighted by atomic mass is 9.91. The molecule has 110 valence electrons. The van der Waals surface area contributed by atoms with Gasteiger partial charge in [-0.15, -0.1) is 0 Å². The first-order valence-corrected chi connectivity index (χ1v) is 6.13. The number of nitrogens with two attached hydrogens (primary N) is 1. The number of rotatable bonds is 3. The van der Waals surface area contributed by atoms with Gasteiger partial charge in [0, 0.05) is 13.1 Å². The van der Waals surface area contributed by atoms with Gasteiger partial charge in [0.1, 0.15) is 11.5 Å². The van der Waals surface area contributed by atoms with E-state index in [2.05, 4.69) is 10.1 Å². The highest BCUT2D eigenvalue weighted by molar-refractivity contribution is 6.01. The Labute approximate surface area is 113 Å². The van der Waals surface area contributed by atoms with Crippen molar-refractivity contribution in [2.45, 2.75) is 31.5 Å². The molecule has 0 amide bonds. The highest BCUT2D eigenvalue weighted by atomic mass is 19.4. The maximum absolute atomic E-state index is 12.8. The van der Waals surface area contributed by atoms with Crippen LogP contribution in [0.4, 0.5) is 19.0 Å². The third-order valence-electron chi connectivity index (χ3n) is 3.51. The largest absolute Gasteiger partial charge is 0.433 e. The third kappa shape index (κ3) is 2.63. The van der Waals surface area contributed by atoms with Crippen LogP contribution in [0.3, 0.4) is 0 Å². The molecule has 1 fully saturated rings. The number of amidine groups is 1. The first-order chi connectivity index (χ1) is 9.34. The lowest BCUT2D eigenvalue weighted by Gasteiger charge is -2.36. The quantitative estimate of drug-likeness (QED) is 0.387. The second kappa shape index (κ2) is 5.18. The second-order valence-electron chi connectivity index (χ2n) is 4.75.